The number of carbonyl (C=O) groups is 1. The molecule has 0 spiro atoms. The van der Waals surface area contributed by atoms with Crippen LogP contribution < -0.4 is 10.1 Å². The number of methoxy groups -OCH3 is 1. The van der Waals surface area contributed by atoms with Gasteiger partial charge < -0.3 is 10.1 Å². The smallest absolute Gasteiger partial charge is 0.262 e. The van der Waals surface area contributed by atoms with E-state index in [1.165, 1.54) is 7.11 Å². The van der Waals surface area contributed by atoms with Crippen molar-refractivity contribution in [2.75, 3.05) is 12.4 Å². The Morgan fingerprint density at radius 2 is 2.11 bits per heavy atom. The number of hydrogen-bond acceptors (Lipinski definition) is 4. The predicted octanol–water partition coefficient (Wildman–Crippen LogP) is 2.30. The van der Waals surface area contributed by atoms with Crippen LogP contribution in [0.15, 0.2) is 36.7 Å². The summed E-state index contributed by atoms with van der Waals surface area (Å²) >= 11 is 0. The second-order valence-electron chi connectivity index (χ2n) is 3.88. The lowest BCUT2D eigenvalue weighted by atomic mass is 10.1. The third-order valence-electron chi connectivity index (χ3n) is 2.71. The van der Waals surface area contributed by atoms with Gasteiger partial charge in [0.15, 0.2) is 0 Å². The van der Waals surface area contributed by atoms with Gasteiger partial charge in [-0.3, -0.25) is 4.79 Å². The Labute approximate surface area is 111 Å². The molecule has 2 heterocycles. The highest BCUT2D eigenvalue weighted by Crippen LogP contribution is 2.21. The van der Waals surface area contributed by atoms with Gasteiger partial charge >= 0.3 is 0 Å². The van der Waals surface area contributed by atoms with E-state index < -0.39 is 0 Å². The van der Waals surface area contributed by atoms with Crippen LogP contribution in [0.5, 0.6) is 5.88 Å². The highest BCUT2D eigenvalue weighted by molar-refractivity contribution is 6.06. The van der Waals surface area contributed by atoms with E-state index in [4.69, 9.17) is 4.74 Å². The van der Waals surface area contributed by atoms with E-state index in [-0.39, 0.29) is 5.91 Å². The standard InChI is InChI=1S/C14H15N3O2/c1-3-10-7-9-16-14(19-2)12(10)13(18)17-11-6-4-5-8-15-11/h4-9H,3H2,1-2H3,(H,15,17,18). The van der Waals surface area contributed by atoms with E-state index in [2.05, 4.69) is 15.3 Å². The number of rotatable bonds is 4. The van der Waals surface area contributed by atoms with E-state index >= 15 is 0 Å². The highest BCUT2D eigenvalue weighted by Gasteiger charge is 2.17. The molecule has 0 saturated heterocycles. The number of ether oxygens (including phenoxy) is 1. The van der Waals surface area contributed by atoms with Crippen LogP contribution in [0, 0.1) is 0 Å². The van der Waals surface area contributed by atoms with Crippen LogP contribution in [-0.4, -0.2) is 23.0 Å². The van der Waals surface area contributed by atoms with Crippen molar-refractivity contribution in [1.82, 2.24) is 9.97 Å². The summed E-state index contributed by atoms with van der Waals surface area (Å²) in [5, 5.41) is 2.74. The number of hydrogen-bond donors (Lipinski definition) is 1. The average Bonchev–Trinajstić information content (AvgIpc) is 2.47. The summed E-state index contributed by atoms with van der Waals surface area (Å²) in [6, 6.07) is 7.14. The Hall–Kier alpha value is -2.43. The molecule has 2 rings (SSSR count). The van der Waals surface area contributed by atoms with Gasteiger partial charge in [0.1, 0.15) is 11.4 Å². The third kappa shape index (κ3) is 2.88. The quantitative estimate of drug-likeness (QED) is 0.912. The van der Waals surface area contributed by atoms with Gasteiger partial charge in [-0.1, -0.05) is 13.0 Å². The van der Waals surface area contributed by atoms with Crippen LogP contribution >= 0.6 is 0 Å². The summed E-state index contributed by atoms with van der Waals surface area (Å²) in [6.45, 7) is 1.98. The molecule has 5 heteroatoms. The van der Waals surface area contributed by atoms with Crippen molar-refractivity contribution < 1.29 is 9.53 Å². The van der Waals surface area contributed by atoms with E-state index in [9.17, 15) is 4.79 Å². The maximum Gasteiger partial charge on any atom is 0.262 e. The number of pyridine rings is 2. The summed E-state index contributed by atoms with van der Waals surface area (Å²) in [5.74, 6) is 0.564. The number of nitrogens with one attached hydrogen (secondary N) is 1. The average molecular weight is 257 g/mol. The molecule has 0 aliphatic carbocycles. The first-order valence-electron chi connectivity index (χ1n) is 6.00. The summed E-state index contributed by atoms with van der Waals surface area (Å²) in [4.78, 5) is 20.4. The molecule has 0 aliphatic rings. The van der Waals surface area contributed by atoms with Gasteiger partial charge in [0.25, 0.3) is 5.91 Å². The summed E-state index contributed by atoms with van der Waals surface area (Å²) in [5.41, 5.74) is 1.35. The van der Waals surface area contributed by atoms with Gasteiger partial charge in [0, 0.05) is 12.4 Å². The van der Waals surface area contributed by atoms with E-state index in [1.807, 2.05) is 19.1 Å². The number of aromatic nitrogens is 2. The molecular weight excluding hydrogens is 242 g/mol. The number of anilines is 1. The van der Waals surface area contributed by atoms with Crippen LogP contribution in [0.1, 0.15) is 22.8 Å². The predicted molar refractivity (Wildman–Crippen MR) is 72.4 cm³/mol. The third-order valence-corrected chi connectivity index (χ3v) is 2.71. The lowest BCUT2D eigenvalue weighted by molar-refractivity contribution is 0.102. The Morgan fingerprint density at radius 1 is 1.26 bits per heavy atom. The Kier molecular flexibility index (Phi) is 4.07. The zero-order valence-corrected chi connectivity index (χ0v) is 10.9. The molecular formula is C14H15N3O2. The normalized spacial score (nSPS) is 10.0. The lowest BCUT2D eigenvalue weighted by Gasteiger charge is -2.11. The first-order chi connectivity index (χ1) is 9.26. The van der Waals surface area contributed by atoms with Crippen molar-refractivity contribution in [3.63, 3.8) is 0 Å². The van der Waals surface area contributed by atoms with Crippen LogP contribution in [0.4, 0.5) is 5.82 Å². The molecule has 2 aromatic rings. The Morgan fingerprint density at radius 3 is 2.74 bits per heavy atom. The highest BCUT2D eigenvalue weighted by atomic mass is 16.5. The topological polar surface area (TPSA) is 64.1 Å². The molecule has 1 amide bonds. The molecule has 5 nitrogen and oxygen atoms in total. The van der Waals surface area contributed by atoms with Gasteiger partial charge in [0.05, 0.1) is 7.11 Å². The maximum absolute atomic E-state index is 12.3. The second kappa shape index (κ2) is 5.95. The first kappa shape index (κ1) is 13.0. The Bertz CT molecular complexity index is 548. The van der Waals surface area contributed by atoms with Crippen LogP contribution in [0.25, 0.3) is 0 Å². The molecule has 0 atom stereocenters. The zero-order valence-electron chi connectivity index (χ0n) is 10.9. The zero-order chi connectivity index (χ0) is 13.7. The fourth-order valence-corrected chi connectivity index (χ4v) is 1.79. The fourth-order valence-electron chi connectivity index (χ4n) is 1.79. The molecule has 2 aromatic heterocycles. The molecule has 0 unspecified atom stereocenters. The fraction of sp³-hybridized carbons (Fsp3) is 0.214. The second-order valence-corrected chi connectivity index (χ2v) is 3.88. The molecule has 0 fully saturated rings. The largest absolute Gasteiger partial charge is 0.480 e. The molecule has 98 valence electrons. The van der Waals surface area contributed by atoms with Gasteiger partial charge in [-0.15, -0.1) is 0 Å². The van der Waals surface area contributed by atoms with Crippen molar-refractivity contribution in [2.24, 2.45) is 0 Å². The van der Waals surface area contributed by atoms with Crippen LogP contribution in [0.3, 0.4) is 0 Å². The van der Waals surface area contributed by atoms with Crippen molar-refractivity contribution in [3.8, 4) is 5.88 Å². The monoisotopic (exact) mass is 257 g/mol. The molecule has 0 aromatic carbocycles. The molecule has 0 saturated carbocycles. The minimum Gasteiger partial charge on any atom is -0.480 e. The summed E-state index contributed by atoms with van der Waals surface area (Å²) in [6.07, 6.45) is 3.98. The van der Waals surface area contributed by atoms with Crippen molar-refractivity contribution in [2.45, 2.75) is 13.3 Å². The SMILES string of the molecule is CCc1ccnc(OC)c1C(=O)Nc1ccccn1. The van der Waals surface area contributed by atoms with Gasteiger partial charge in [-0.2, -0.15) is 0 Å². The number of amides is 1. The lowest BCUT2D eigenvalue weighted by Crippen LogP contribution is -2.16. The molecule has 19 heavy (non-hydrogen) atoms. The van der Waals surface area contributed by atoms with Crippen molar-refractivity contribution in [3.05, 3.63) is 47.8 Å². The summed E-state index contributed by atoms with van der Waals surface area (Å²) in [7, 11) is 1.50. The minimum atomic E-state index is -0.263. The number of aryl methyl sites for hydroxylation is 1. The van der Waals surface area contributed by atoms with E-state index in [0.29, 0.717) is 17.3 Å². The van der Waals surface area contributed by atoms with E-state index in [0.717, 1.165) is 12.0 Å². The number of nitrogens with zero attached hydrogens (tertiary/aromatic N) is 2. The van der Waals surface area contributed by atoms with Crippen molar-refractivity contribution >= 4 is 11.7 Å². The minimum absolute atomic E-state index is 0.263. The van der Waals surface area contributed by atoms with E-state index in [1.54, 1.807) is 24.5 Å². The summed E-state index contributed by atoms with van der Waals surface area (Å²) < 4.78 is 5.15. The van der Waals surface area contributed by atoms with Gasteiger partial charge in [0.2, 0.25) is 5.88 Å². The van der Waals surface area contributed by atoms with Gasteiger partial charge in [-0.25, -0.2) is 9.97 Å². The molecule has 0 aliphatic heterocycles. The molecule has 0 bridgehead atoms. The first-order valence-corrected chi connectivity index (χ1v) is 6.00. The molecule has 1 N–H and O–H groups in total. The molecule has 0 radical (unpaired) electrons. The van der Waals surface area contributed by atoms with Crippen molar-refractivity contribution in [1.29, 1.82) is 0 Å². The van der Waals surface area contributed by atoms with Crippen LogP contribution in [0.2, 0.25) is 0 Å². The van der Waals surface area contributed by atoms with Gasteiger partial charge in [-0.05, 0) is 30.2 Å². The maximum atomic E-state index is 12.3. The van der Waals surface area contributed by atoms with Crippen LogP contribution in [-0.2, 0) is 6.42 Å². The Balaban J connectivity index is 2.33. The number of carbonyl (C=O) groups excluding carboxylic acids is 1.